The van der Waals surface area contributed by atoms with Crippen molar-refractivity contribution >= 4 is 23.2 Å². The van der Waals surface area contributed by atoms with Gasteiger partial charge in [0.05, 0.1) is 10.5 Å². The van der Waals surface area contributed by atoms with Crippen molar-refractivity contribution in [2.75, 3.05) is 11.9 Å². The summed E-state index contributed by atoms with van der Waals surface area (Å²) in [7, 11) is 1.64. The molecule has 21 heavy (non-hydrogen) atoms. The maximum atomic E-state index is 11.2. The molecule has 0 spiro atoms. The second-order valence-electron chi connectivity index (χ2n) is 4.47. The van der Waals surface area contributed by atoms with Gasteiger partial charge in [-0.15, -0.1) is 0 Å². The Morgan fingerprint density at radius 2 is 1.90 bits per heavy atom. The smallest absolute Gasteiger partial charge is 0.335 e. The molecule has 1 N–H and O–H groups in total. The third-order valence-electron chi connectivity index (χ3n) is 3.11. The van der Waals surface area contributed by atoms with E-state index in [4.69, 9.17) is 5.11 Å². The first-order valence-electron chi connectivity index (χ1n) is 6.09. The molecule has 0 fully saturated rings. The van der Waals surface area contributed by atoms with Crippen LogP contribution in [0.5, 0.6) is 0 Å². The van der Waals surface area contributed by atoms with Gasteiger partial charge in [-0.25, -0.2) is 9.78 Å². The van der Waals surface area contributed by atoms with E-state index in [1.807, 2.05) is 0 Å². The quantitative estimate of drug-likeness (QED) is 0.686. The maximum absolute atomic E-state index is 11.2. The van der Waals surface area contributed by atoms with Crippen LogP contribution < -0.4 is 4.90 Å². The highest BCUT2D eigenvalue weighted by molar-refractivity contribution is 5.88. The Kier molecular flexibility index (Phi) is 3.84. The van der Waals surface area contributed by atoms with Crippen LogP contribution in [0.2, 0.25) is 0 Å². The third kappa shape index (κ3) is 2.81. The summed E-state index contributed by atoms with van der Waals surface area (Å²) in [5, 5.41) is 20.1. The highest BCUT2D eigenvalue weighted by Crippen LogP contribution is 2.32. The predicted octanol–water partition coefficient (Wildman–Crippen LogP) is 2.76. The van der Waals surface area contributed by atoms with E-state index in [0.29, 0.717) is 11.3 Å². The van der Waals surface area contributed by atoms with E-state index in [1.54, 1.807) is 37.1 Å². The molecule has 0 atom stereocenters. The molecule has 0 aliphatic heterocycles. The lowest BCUT2D eigenvalue weighted by molar-refractivity contribution is -0.384. The second-order valence-corrected chi connectivity index (χ2v) is 4.47. The summed E-state index contributed by atoms with van der Waals surface area (Å²) < 4.78 is 0. The Labute approximate surface area is 120 Å². The molecule has 0 saturated heterocycles. The van der Waals surface area contributed by atoms with Gasteiger partial charge in [0, 0.05) is 24.5 Å². The number of aromatic carboxylic acids is 1. The van der Waals surface area contributed by atoms with E-state index in [0.717, 1.165) is 0 Å². The molecule has 1 heterocycles. The van der Waals surface area contributed by atoms with E-state index in [9.17, 15) is 14.9 Å². The summed E-state index contributed by atoms with van der Waals surface area (Å²) in [4.78, 5) is 27.2. The molecule has 0 bridgehead atoms. The summed E-state index contributed by atoms with van der Waals surface area (Å²) in [5.74, 6) is -0.813. The van der Waals surface area contributed by atoms with E-state index in [1.165, 1.54) is 18.3 Å². The van der Waals surface area contributed by atoms with Crippen LogP contribution in [0.3, 0.4) is 0 Å². The molecule has 0 radical (unpaired) electrons. The molecule has 0 amide bonds. The average molecular weight is 287 g/mol. The number of pyridine rings is 1. The van der Waals surface area contributed by atoms with Gasteiger partial charge >= 0.3 is 11.7 Å². The molecule has 2 aromatic rings. The first kappa shape index (κ1) is 14.4. The number of aryl methyl sites for hydroxylation is 1. The number of aromatic nitrogens is 1. The summed E-state index contributed by atoms with van der Waals surface area (Å²) in [6.45, 7) is 1.64. The third-order valence-corrected chi connectivity index (χ3v) is 3.11. The minimum atomic E-state index is -1.02. The van der Waals surface area contributed by atoms with Crippen LogP contribution in [-0.2, 0) is 0 Å². The van der Waals surface area contributed by atoms with Crippen molar-refractivity contribution in [1.29, 1.82) is 0 Å². The molecular formula is C14H13N3O4. The molecule has 0 unspecified atom stereocenters. The molecule has 7 heteroatoms. The summed E-state index contributed by atoms with van der Waals surface area (Å²) in [5.41, 5.74) is 1.21. The molecule has 1 aromatic heterocycles. The van der Waals surface area contributed by atoms with Gasteiger partial charge in [-0.2, -0.15) is 0 Å². The Balaban J connectivity index is 2.45. The van der Waals surface area contributed by atoms with Crippen molar-refractivity contribution in [3.8, 4) is 0 Å². The number of hydrogen-bond donors (Lipinski definition) is 1. The summed E-state index contributed by atoms with van der Waals surface area (Å²) >= 11 is 0. The Morgan fingerprint density at radius 3 is 2.43 bits per heavy atom. The van der Waals surface area contributed by atoms with Crippen molar-refractivity contribution < 1.29 is 14.8 Å². The lowest BCUT2D eigenvalue weighted by Crippen LogP contribution is -2.14. The first-order chi connectivity index (χ1) is 9.91. The molecule has 1 aromatic carbocycles. The lowest BCUT2D eigenvalue weighted by Gasteiger charge is -2.18. The van der Waals surface area contributed by atoms with Crippen LogP contribution in [0, 0.1) is 17.0 Å². The number of carboxylic acids is 1. The van der Waals surface area contributed by atoms with Gasteiger partial charge < -0.3 is 10.0 Å². The monoisotopic (exact) mass is 287 g/mol. The number of carboxylic acid groups (broad SMARTS) is 1. The Morgan fingerprint density at radius 1 is 1.29 bits per heavy atom. The molecule has 0 saturated carbocycles. The number of rotatable bonds is 4. The van der Waals surface area contributed by atoms with Crippen LogP contribution in [0.4, 0.5) is 17.2 Å². The van der Waals surface area contributed by atoms with Crippen LogP contribution in [-0.4, -0.2) is 28.0 Å². The Hall–Kier alpha value is -2.96. The van der Waals surface area contributed by atoms with Crippen molar-refractivity contribution in [3.05, 3.63) is 57.8 Å². The van der Waals surface area contributed by atoms with Crippen LogP contribution in [0.1, 0.15) is 15.9 Å². The van der Waals surface area contributed by atoms with Crippen LogP contribution in [0.25, 0.3) is 0 Å². The summed E-state index contributed by atoms with van der Waals surface area (Å²) in [6, 6.07) is 7.61. The maximum Gasteiger partial charge on any atom is 0.335 e. The largest absolute Gasteiger partial charge is 0.478 e. The number of hydrogen-bond acceptors (Lipinski definition) is 5. The van der Waals surface area contributed by atoms with Crippen molar-refractivity contribution in [2.45, 2.75) is 6.92 Å². The summed E-state index contributed by atoms with van der Waals surface area (Å²) in [6.07, 6.45) is 1.50. The van der Waals surface area contributed by atoms with Crippen LogP contribution >= 0.6 is 0 Å². The highest BCUT2D eigenvalue weighted by Gasteiger charge is 2.22. The fourth-order valence-electron chi connectivity index (χ4n) is 1.96. The van der Waals surface area contributed by atoms with Crippen molar-refractivity contribution in [2.24, 2.45) is 0 Å². The number of benzene rings is 1. The van der Waals surface area contributed by atoms with Gasteiger partial charge in [0.15, 0.2) is 0 Å². The molecular weight excluding hydrogens is 274 g/mol. The minimum Gasteiger partial charge on any atom is -0.478 e. The van der Waals surface area contributed by atoms with Gasteiger partial charge in [-0.3, -0.25) is 10.1 Å². The number of anilines is 2. The molecule has 2 rings (SSSR count). The molecule has 7 nitrogen and oxygen atoms in total. The van der Waals surface area contributed by atoms with E-state index in [2.05, 4.69) is 4.98 Å². The number of carbonyl (C=O) groups is 1. The van der Waals surface area contributed by atoms with Crippen molar-refractivity contribution in [1.82, 2.24) is 4.98 Å². The van der Waals surface area contributed by atoms with Gasteiger partial charge in [-0.05, 0) is 37.3 Å². The van der Waals surface area contributed by atoms with E-state index in [-0.39, 0.29) is 17.1 Å². The highest BCUT2D eigenvalue weighted by atomic mass is 16.6. The van der Waals surface area contributed by atoms with E-state index >= 15 is 0 Å². The Bertz CT molecular complexity index is 698. The number of nitrogens with zero attached hydrogens (tertiary/aromatic N) is 3. The fraction of sp³-hybridized carbons (Fsp3) is 0.143. The fourth-order valence-corrected chi connectivity index (χ4v) is 1.96. The standard InChI is InChI=1S/C14H13N3O4/c1-9-7-8-15-13(12(9)17(20)21)16(2)11-5-3-10(4-6-11)14(18)19/h3-8H,1-2H3,(H,18,19). The zero-order valence-corrected chi connectivity index (χ0v) is 11.5. The van der Waals surface area contributed by atoms with Crippen molar-refractivity contribution in [3.63, 3.8) is 0 Å². The first-order valence-corrected chi connectivity index (χ1v) is 6.09. The lowest BCUT2D eigenvalue weighted by atomic mass is 10.2. The van der Waals surface area contributed by atoms with Gasteiger partial charge in [0.25, 0.3) is 0 Å². The SMILES string of the molecule is Cc1ccnc(N(C)c2ccc(C(=O)O)cc2)c1[N+](=O)[O-]. The molecule has 108 valence electrons. The van der Waals surface area contributed by atoms with Crippen LogP contribution in [0.15, 0.2) is 36.5 Å². The van der Waals surface area contributed by atoms with Gasteiger partial charge in [0.1, 0.15) is 0 Å². The van der Waals surface area contributed by atoms with Gasteiger partial charge in [0.2, 0.25) is 5.82 Å². The minimum absolute atomic E-state index is 0.0673. The predicted molar refractivity (Wildman–Crippen MR) is 77.1 cm³/mol. The topological polar surface area (TPSA) is 96.6 Å². The molecule has 0 aliphatic carbocycles. The zero-order valence-electron chi connectivity index (χ0n) is 11.5. The average Bonchev–Trinajstić information content (AvgIpc) is 2.46. The van der Waals surface area contributed by atoms with Gasteiger partial charge in [-0.1, -0.05) is 0 Å². The van der Waals surface area contributed by atoms with E-state index < -0.39 is 10.9 Å². The molecule has 0 aliphatic rings. The second kappa shape index (κ2) is 5.58. The zero-order chi connectivity index (χ0) is 15.6. The number of nitro groups is 1. The normalized spacial score (nSPS) is 10.2.